The van der Waals surface area contributed by atoms with Crippen LogP contribution in [0.2, 0.25) is 0 Å². The van der Waals surface area contributed by atoms with Crippen molar-refractivity contribution >= 4 is 6.72 Å². The summed E-state index contributed by atoms with van der Waals surface area (Å²) in [5, 5.41) is 6.14. The summed E-state index contributed by atoms with van der Waals surface area (Å²) in [5.41, 5.74) is 2.01. The monoisotopic (exact) mass is 366 g/mol. The lowest BCUT2D eigenvalue weighted by Crippen LogP contribution is -2.47. The van der Waals surface area contributed by atoms with Crippen molar-refractivity contribution in [1.29, 1.82) is 0 Å². The number of ether oxygens (including phenoxy) is 4. The minimum absolute atomic E-state index is 0.0319. The standard InChI is InChI=1S/C21H22N2O4/c1-22-23-16-12-24-20(14-8-4-2-5-9-14)26-18(16)19-17(23)13-25-21(27-19)15-10-6-3-7-11-15/h2-11,16-21H,1,12-13H2/t16-,17-,18+,19+,20?,21?/m0/s1. The Hall–Kier alpha value is -2.25. The van der Waals surface area contributed by atoms with Crippen LogP contribution in [0.5, 0.6) is 0 Å². The van der Waals surface area contributed by atoms with Crippen LogP contribution in [-0.4, -0.2) is 49.2 Å². The van der Waals surface area contributed by atoms with E-state index in [9.17, 15) is 0 Å². The number of rotatable bonds is 3. The maximum absolute atomic E-state index is 6.35. The summed E-state index contributed by atoms with van der Waals surface area (Å²) in [5.74, 6) is 0. The Morgan fingerprint density at radius 1 is 0.741 bits per heavy atom. The molecule has 6 nitrogen and oxygen atoms in total. The molecule has 0 bridgehead atoms. The molecule has 0 N–H and O–H groups in total. The topological polar surface area (TPSA) is 52.5 Å². The Labute approximate surface area is 158 Å². The SMILES string of the molecule is C=NN1[C@H]2COC(c3ccccc3)O[C@H]2[C@@H]2OC(c3ccccc3)OC[C@@H]21. The Kier molecular flexibility index (Phi) is 4.41. The van der Waals surface area contributed by atoms with Crippen molar-refractivity contribution in [2.75, 3.05) is 13.2 Å². The predicted molar refractivity (Wildman–Crippen MR) is 99.0 cm³/mol. The fraction of sp³-hybridized carbons (Fsp3) is 0.381. The summed E-state index contributed by atoms with van der Waals surface area (Å²) in [6.45, 7) is 4.75. The van der Waals surface area contributed by atoms with Gasteiger partial charge in [-0.15, -0.1) is 0 Å². The van der Waals surface area contributed by atoms with Crippen molar-refractivity contribution in [1.82, 2.24) is 5.01 Å². The summed E-state index contributed by atoms with van der Waals surface area (Å²) >= 11 is 0. The van der Waals surface area contributed by atoms with E-state index in [-0.39, 0.29) is 24.3 Å². The van der Waals surface area contributed by atoms with Crippen LogP contribution in [0.3, 0.4) is 0 Å². The molecule has 3 heterocycles. The molecule has 3 fully saturated rings. The Balaban J connectivity index is 1.40. The molecule has 5 rings (SSSR count). The molecule has 0 radical (unpaired) electrons. The zero-order chi connectivity index (χ0) is 18.2. The lowest BCUT2D eigenvalue weighted by molar-refractivity contribution is -0.278. The molecule has 3 aliphatic rings. The Bertz CT molecular complexity index is 724. The highest BCUT2D eigenvalue weighted by Gasteiger charge is 2.56. The molecule has 3 saturated heterocycles. The quantitative estimate of drug-likeness (QED) is 0.782. The molecule has 6 atom stereocenters. The summed E-state index contributed by atoms with van der Waals surface area (Å²) in [4.78, 5) is 0. The molecule has 0 saturated carbocycles. The van der Waals surface area contributed by atoms with Crippen molar-refractivity contribution < 1.29 is 18.9 Å². The van der Waals surface area contributed by atoms with E-state index in [1.54, 1.807) is 0 Å². The third-order valence-corrected chi connectivity index (χ3v) is 5.47. The van der Waals surface area contributed by atoms with Crippen molar-refractivity contribution in [3.8, 4) is 0 Å². The van der Waals surface area contributed by atoms with Gasteiger partial charge in [-0.2, -0.15) is 5.10 Å². The van der Waals surface area contributed by atoms with Crippen LogP contribution in [-0.2, 0) is 18.9 Å². The number of hydrazone groups is 1. The molecule has 6 heteroatoms. The molecule has 2 unspecified atom stereocenters. The average molecular weight is 366 g/mol. The third kappa shape index (κ3) is 2.95. The lowest BCUT2D eigenvalue weighted by atomic mass is 10.0. The maximum atomic E-state index is 6.35. The van der Waals surface area contributed by atoms with Gasteiger partial charge in [-0.1, -0.05) is 60.7 Å². The molecule has 0 aliphatic carbocycles. The smallest absolute Gasteiger partial charge is 0.184 e. The molecule has 140 valence electrons. The number of hydrogen-bond acceptors (Lipinski definition) is 6. The predicted octanol–water partition coefficient (Wildman–Crippen LogP) is 2.88. The number of nitrogens with zero attached hydrogens (tertiary/aromatic N) is 2. The molecular weight excluding hydrogens is 344 g/mol. The summed E-state index contributed by atoms with van der Waals surface area (Å²) < 4.78 is 24.7. The van der Waals surface area contributed by atoms with Crippen LogP contribution < -0.4 is 0 Å². The van der Waals surface area contributed by atoms with Crippen LogP contribution in [0.1, 0.15) is 23.7 Å². The van der Waals surface area contributed by atoms with Gasteiger partial charge in [0, 0.05) is 17.8 Å². The maximum Gasteiger partial charge on any atom is 0.184 e. The molecule has 0 spiro atoms. The van der Waals surface area contributed by atoms with Gasteiger partial charge < -0.3 is 18.9 Å². The number of hydrogen-bond donors (Lipinski definition) is 0. The fourth-order valence-corrected chi connectivity index (χ4v) is 4.18. The Morgan fingerprint density at radius 3 is 1.59 bits per heavy atom. The van der Waals surface area contributed by atoms with Crippen LogP contribution >= 0.6 is 0 Å². The van der Waals surface area contributed by atoms with Crippen LogP contribution in [0.15, 0.2) is 65.8 Å². The van der Waals surface area contributed by atoms with Crippen LogP contribution in [0.4, 0.5) is 0 Å². The second kappa shape index (κ2) is 7.05. The molecule has 2 aromatic carbocycles. The summed E-state index contributed by atoms with van der Waals surface area (Å²) in [6, 6.07) is 19.9. The minimum atomic E-state index is -0.403. The number of benzene rings is 2. The number of fused-ring (bicyclic) bond motifs is 3. The van der Waals surface area contributed by atoms with Gasteiger partial charge in [0.05, 0.1) is 25.3 Å². The van der Waals surface area contributed by atoms with Crippen LogP contribution in [0, 0.1) is 0 Å². The molecule has 27 heavy (non-hydrogen) atoms. The second-order valence-corrected chi connectivity index (χ2v) is 7.01. The molecule has 0 amide bonds. The van der Waals surface area contributed by atoms with E-state index < -0.39 is 12.6 Å². The zero-order valence-electron chi connectivity index (χ0n) is 14.9. The van der Waals surface area contributed by atoms with Gasteiger partial charge in [0.2, 0.25) is 0 Å². The normalized spacial score (nSPS) is 35.3. The summed E-state index contributed by atoms with van der Waals surface area (Å²) in [7, 11) is 0. The van der Waals surface area contributed by atoms with E-state index >= 15 is 0 Å². The van der Waals surface area contributed by atoms with Crippen LogP contribution in [0.25, 0.3) is 0 Å². The van der Waals surface area contributed by atoms with Crippen molar-refractivity contribution in [3.63, 3.8) is 0 Å². The summed E-state index contributed by atoms with van der Waals surface area (Å²) in [6.07, 6.45) is -1.12. The van der Waals surface area contributed by atoms with Crippen molar-refractivity contribution in [2.24, 2.45) is 5.10 Å². The highest BCUT2D eigenvalue weighted by Crippen LogP contribution is 2.42. The second-order valence-electron chi connectivity index (χ2n) is 7.01. The van der Waals surface area contributed by atoms with Gasteiger partial charge in [0.1, 0.15) is 12.2 Å². The largest absolute Gasteiger partial charge is 0.346 e. The zero-order valence-corrected chi connectivity index (χ0v) is 14.9. The molecule has 2 aromatic rings. The van der Waals surface area contributed by atoms with Gasteiger partial charge in [0.25, 0.3) is 0 Å². The first-order valence-electron chi connectivity index (χ1n) is 9.24. The van der Waals surface area contributed by atoms with Gasteiger partial charge in [-0.25, -0.2) is 0 Å². The minimum Gasteiger partial charge on any atom is -0.346 e. The van der Waals surface area contributed by atoms with E-state index in [1.807, 2.05) is 65.7 Å². The first kappa shape index (κ1) is 16.9. The first-order chi connectivity index (χ1) is 13.3. The Morgan fingerprint density at radius 2 is 1.19 bits per heavy atom. The highest BCUT2D eigenvalue weighted by atomic mass is 16.7. The van der Waals surface area contributed by atoms with E-state index in [1.165, 1.54) is 0 Å². The first-order valence-corrected chi connectivity index (χ1v) is 9.24. The van der Waals surface area contributed by atoms with Gasteiger partial charge in [-0.3, -0.25) is 5.01 Å². The molecule has 3 aliphatic heterocycles. The lowest BCUT2D eigenvalue weighted by Gasteiger charge is -2.37. The van der Waals surface area contributed by atoms with E-state index in [0.29, 0.717) is 13.2 Å². The van der Waals surface area contributed by atoms with E-state index in [4.69, 9.17) is 18.9 Å². The molecular formula is C21H22N2O4. The fourth-order valence-electron chi connectivity index (χ4n) is 4.18. The van der Waals surface area contributed by atoms with Gasteiger partial charge in [0.15, 0.2) is 12.6 Å². The third-order valence-electron chi connectivity index (χ3n) is 5.47. The van der Waals surface area contributed by atoms with Gasteiger partial charge >= 0.3 is 0 Å². The van der Waals surface area contributed by atoms with E-state index in [0.717, 1.165) is 11.1 Å². The molecule has 0 aromatic heterocycles. The average Bonchev–Trinajstić information content (AvgIpc) is 3.07. The van der Waals surface area contributed by atoms with E-state index in [2.05, 4.69) is 11.8 Å². The highest BCUT2D eigenvalue weighted by molar-refractivity contribution is 5.24. The van der Waals surface area contributed by atoms with Gasteiger partial charge in [-0.05, 0) is 0 Å². The van der Waals surface area contributed by atoms with Crippen molar-refractivity contribution in [3.05, 3.63) is 71.8 Å². The van der Waals surface area contributed by atoms with Crippen molar-refractivity contribution in [2.45, 2.75) is 36.9 Å².